The minimum absolute atomic E-state index is 0.0835. The van der Waals surface area contributed by atoms with E-state index in [2.05, 4.69) is 54.4 Å². The molecule has 3 heterocycles. The fraction of sp³-hybridized carbons (Fsp3) is 0.400. The standard InChI is InChI=1S/C20H24N6O/c1-13-7-6-8-15-11-25(20(3,4)9-17(13)15)19(27)18-14(2)26(23-22-18)16-10-21-24(5)12-16/h6-8,10,12H,9,11H2,1-5H3. The second-order valence-corrected chi connectivity index (χ2v) is 7.90. The van der Waals surface area contributed by atoms with Crippen molar-refractivity contribution in [3.8, 4) is 5.69 Å². The van der Waals surface area contributed by atoms with Crippen LogP contribution in [-0.2, 0) is 20.0 Å². The number of hydrogen-bond donors (Lipinski definition) is 0. The van der Waals surface area contributed by atoms with Crippen molar-refractivity contribution in [1.82, 2.24) is 29.7 Å². The van der Waals surface area contributed by atoms with E-state index < -0.39 is 0 Å². The number of amides is 1. The van der Waals surface area contributed by atoms with E-state index in [-0.39, 0.29) is 11.4 Å². The molecule has 1 aliphatic rings. The van der Waals surface area contributed by atoms with Gasteiger partial charge in [-0.2, -0.15) is 5.10 Å². The molecule has 2 aromatic heterocycles. The van der Waals surface area contributed by atoms with Crippen LogP contribution >= 0.6 is 0 Å². The summed E-state index contributed by atoms with van der Waals surface area (Å²) in [6.07, 6.45) is 4.39. The zero-order chi connectivity index (χ0) is 19.3. The van der Waals surface area contributed by atoms with E-state index in [0.29, 0.717) is 12.2 Å². The van der Waals surface area contributed by atoms with Crippen molar-refractivity contribution in [2.75, 3.05) is 0 Å². The number of aryl methyl sites for hydroxylation is 2. The summed E-state index contributed by atoms with van der Waals surface area (Å²) in [6.45, 7) is 8.82. The zero-order valence-electron chi connectivity index (χ0n) is 16.4. The van der Waals surface area contributed by atoms with E-state index in [1.165, 1.54) is 16.7 Å². The molecule has 4 rings (SSSR count). The Morgan fingerprint density at radius 2 is 2.00 bits per heavy atom. The maximum absolute atomic E-state index is 13.4. The number of fused-ring (bicyclic) bond motifs is 1. The molecule has 0 aliphatic carbocycles. The highest BCUT2D eigenvalue weighted by Crippen LogP contribution is 2.33. The van der Waals surface area contributed by atoms with Gasteiger partial charge in [-0.3, -0.25) is 9.48 Å². The fourth-order valence-corrected chi connectivity index (χ4v) is 3.84. The number of carbonyl (C=O) groups is 1. The fourth-order valence-electron chi connectivity index (χ4n) is 3.84. The average molecular weight is 364 g/mol. The molecule has 0 radical (unpaired) electrons. The third-order valence-electron chi connectivity index (χ3n) is 5.45. The van der Waals surface area contributed by atoms with E-state index in [0.717, 1.165) is 17.8 Å². The van der Waals surface area contributed by atoms with Crippen LogP contribution in [0.25, 0.3) is 5.69 Å². The van der Waals surface area contributed by atoms with E-state index in [1.807, 2.05) is 25.1 Å². The number of rotatable bonds is 2. The van der Waals surface area contributed by atoms with E-state index in [9.17, 15) is 4.79 Å². The zero-order valence-corrected chi connectivity index (χ0v) is 16.4. The smallest absolute Gasteiger partial charge is 0.277 e. The predicted octanol–water partition coefficient (Wildman–Crippen LogP) is 2.59. The van der Waals surface area contributed by atoms with Crippen LogP contribution in [0.4, 0.5) is 0 Å². The van der Waals surface area contributed by atoms with Crippen molar-refractivity contribution in [3.63, 3.8) is 0 Å². The van der Waals surface area contributed by atoms with Crippen LogP contribution in [0, 0.1) is 13.8 Å². The Hall–Kier alpha value is -2.96. The Balaban J connectivity index is 1.70. The first-order valence-corrected chi connectivity index (χ1v) is 9.08. The molecule has 0 fully saturated rings. The van der Waals surface area contributed by atoms with Gasteiger partial charge in [0.05, 0.1) is 18.1 Å². The summed E-state index contributed by atoms with van der Waals surface area (Å²) in [5, 5.41) is 12.6. The summed E-state index contributed by atoms with van der Waals surface area (Å²) >= 11 is 0. The number of hydrogen-bond acceptors (Lipinski definition) is 4. The number of nitrogens with zero attached hydrogens (tertiary/aromatic N) is 6. The molecule has 0 N–H and O–H groups in total. The minimum Gasteiger partial charge on any atom is -0.327 e. The number of carbonyl (C=O) groups excluding carboxylic acids is 1. The quantitative estimate of drug-likeness (QED) is 0.701. The second-order valence-electron chi connectivity index (χ2n) is 7.90. The molecule has 0 unspecified atom stereocenters. The van der Waals surface area contributed by atoms with E-state index in [1.54, 1.807) is 15.6 Å². The summed E-state index contributed by atoms with van der Waals surface area (Å²) < 4.78 is 3.36. The van der Waals surface area contributed by atoms with Gasteiger partial charge in [0.2, 0.25) is 0 Å². The Bertz CT molecular complexity index is 1030. The molecule has 7 heteroatoms. The molecule has 1 aromatic carbocycles. The monoisotopic (exact) mass is 364 g/mol. The van der Waals surface area contributed by atoms with Crippen molar-refractivity contribution < 1.29 is 4.79 Å². The summed E-state index contributed by atoms with van der Waals surface area (Å²) in [5.41, 5.74) is 5.46. The molecule has 0 bridgehead atoms. The maximum Gasteiger partial charge on any atom is 0.277 e. The van der Waals surface area contributed by atoms with Crippen LogP contribution in [0.3, 0.4) is 0 Å². The van der Waals surface area contributed by atoms with Crippen molar-refractivity contribution in [1.29, 1.82) is 0 Å². The molecule has 3 aromatic rings. The van der Waals surface area contributed by atoms with Crippen molar-refractivity contribution in [3.05, 3.63) is 58.7 Å². The molecule has 0 spiro atoms. The Morgan fingerprint density at radius 3 is 2.70 bits per heavy atom. The largest absolute Gasteiger partial charge is 0.327 e. The van der Waals surface area contributed by atoms with Gasteiger partial charge in [-0.1, -0.05) is 23.4 Å². The Kier molecular flexibility index (Phi) is 3.91. The first kappa shape index (κ1) is 17.5. The van der Waals surface area contributed by atoms with Gasteiger partial charge in [-0.25, -0.2) is 4.68 Å². The van der Waals surface area contributed by atoms with Crippen LogP contribution in [0.5, 0.6) is 0 Å². The van der Waals surface area contributed by atoms with Crippen LogP contribution in [-0.4, -0.2) is 41.1 Å². The summed E-state index contributed by atoms with van der Waals surface area (Å²) in [4.78, 5) is 15.3. The topological polar surface area (TPSA) is 68.8 Å². The van der Waals surface area contributed by atoms with Crippen LogP contribution in [0.2, 0.25) is 0 Å². The molecule has 1 amide bonds. The first-order valence-electron chi connectivity index (χ1n) is 9.08. The van der Waals surface area contributed by atoms with Crippen LogP contribution in [0.15, 0.2) is 30.6 Å². The van der Waals surface area contributed by atoms with Crippen molar-refractivity contribution in [2.45, 2.75) is 46.2 Å². The van der Waals surface area contributed by atoms with Crippen LogP contribution in [0.1, 0.15) is 46.7 Å². The number of aromatic nitrogens is 5. The highest BCUT2D eigenvalue weighted by Gasteiger charge is 2.38. The first-order chi connectivity index (χ1) is 12.8. The van der Waals surface area contributed by atoms with Gasteiger partial charge >= 0.3 is 0 Å². The summed E-state index contributed by atoms with van der Waals surface area (Å²) in [6, 6.07) is 6.30. The molecule has 27 heavy (non-hydrogen) atoms. The van der Waals surface area contributed by atoms with E-state index >= 15 is 0 Å². The molecule has 0 atom stereocenters. The molecule has 0 saturated carbocycles. The maximum atomic E-state index is 13.4. The summed E-state index contributed by atoms with van der Waals surface area (Å²) in [5.74, 6) is -0.0835. The number of benzene rings is 1. The van der Waals surface area contributed by atoms with Gasteiger partial charge in [0.25, 0.3) is 5.91 Å². The lowest BCUT2D eigenvalue weighted by molar-refractivity contribution is 0.0481. The van der Waals surface area contributed by atoms with Gasteiger partial charge in [0, 0.05) is 19.1 Å². The van der Waals surface area contributed by atoms with Gasteiger partial charge in [-0.05, 0) is 50.8 Å². The molecule has 0 saturated heterocycles. The highest BCUT2D eigenvalue weighted by molar-refractivity contribution is 5.94. The molecular weight excluding hydrogens is 340 g/mol. The minimum atomic E-state index is -0.291. The molecular formula is C20H24N6O. The summed E-state index contributed by atoms with van der Waals surface area (Å²) in [7, 11) is 1.84. The third kappa shape index (κ3) is 2.83. The van der Waals surface area contributed by atoms with Gasteiger partial charge in [0.1, 0.15) is 5.69 Å². The Morgan fingerprint density at radius 1 is 1.22 bits per heavy atom. The third-order valence-corrected chi connectivity index (χ3v) is 5.45. The van der Waals surface area contributed by atoms with Gasteiger partial charge in [-0.15, -0.1) is 5.10 Å². The lowest BCUT2D eigenvalue weighted by Crippen LogP contribution is -2.51. The van der Waals surface area contributed by atoms with E-state index in [4.69, 9.17) is 0 Å². The van der Waals surface area contributed by atoms with Crippen molar-refractivity contribution >= 4 is 5.91 Å². The molecule has 7 nitrogen and oxygen atoms in total. The molecule has 1 aliphatic heterocycles. The van der Waals surface area contributed by atoms with Gasteiger partial charge < -0.3 is 4.90 Å². The Labute approximate surface area is 158 Å². The predicted molar refractivity (Wildman–Crippen MR) is 102 cm³/mol. The molecule has 140 valence electrons. The second kappa shape index (κ2) is 6.04. The highest BCUT2D eigenvalue weighted by atomic mass is 16.2. The lowest BCUT2D eigenvalue weighted by atomic mass is 9.83. The normalized spacial score (nSPS) is 15.7. The average Bonchev–Trinajstić information content (AvgIpc) is 3.20. The van der Waals surface area contributed by atoms with Crippen LogP contribution < -0.4 is 0 Å². The SMILES string of the molecule is Cc1cccc2c1CC(C)(C)N(C(=O)c1nnn(-c3cnn(C)c3)c1C)C2. The van der Waals surface area contributed by atoms with Crippen molar-refractivity contribution in [2.24, 2.45) is 7.05 Å². The lowest BCUT2D eigenvalue weighted by Gasteiger charge is -2.43. The van der Waals surface area contributed by atoms with Gasteiger partial charge in [0.15, 0.2) is 5.69 Å².